The Kier molecular flexibility index (Phi) is 7.55. The number of amidine groups is 2. The maximum absolute atomic E-state index is 6.22. The fourth-order valence-corrected chi connectivity index (χ4v) is 4.70. The van der Waals surface area contributed by atoms with Crippen LogP contribution in [0.4, 0.5) is 0 Å². The lowest BCUT2D eigenvalue weighted by Gasteiger charge is -2.08. The molecule has 3 heterocycles. The van der Waals surface area contributed by atoms with Gasteiger partial charge >= 0.3 is 0 Å². The lowest BCUT2D eigenvalue weighted by molar-refractivity contribution is -0.486. The normalized spacial score (nSPS) is 15.8. The summed E-state index contributed by atoms with van der Waals surface area (Å²) in [7, 11) is 8.60. The van der Waals surface area contributed by atoms with Crippen molar-refractivity contribution in [2.24, 2.45) is 0 Å². The number of nitrogens with zero attached hydrogens (tertiary/aromatic N) is 4. The lowest BCUT2D eigenvalue weighted by atomic mass is 10.1. The van der Waals surface area contributed by atoms with E-state index in [-0.39, 0.29) is 24.8 Å². The summed E-state index contributed by atoms with van der Waals surface area (Å²) in [4.78, 5) is 4.62. The Morgan fingerprint density at radius 3 is 1.21 bits per heavy atom. The monoisotopic (exact) mass is 484 g/mol. The fraction of sp³-hybridized carbons (Fsp3) is 0.308. The summed E-state index contributed by atoms with van der Waals surface area (Å²) in [5, 5.41) is 0. The molecule has 0 saturated heterocycles. The van der Waals surface area contributed by atoms with Crippen molar-refractivity contribution in [1.82, 2.24) is 9.80 Å². The summed E-state index contributed by atoms with van der Waals surface area (Å²) in [6.45, 7) is 4.28. The third kappa shape index (κ3) is 4.66. The smallest absolute Gasteiger partial charge is 0.279 e. The molecule has 2 aliphatic heterocycles. The van der Waals surface area contributed by atoms with E-state index in [4.69, 9.17) is 4.42 Å². The van der Waals surface area contributed by atoms with Gasteiger partial charge in [-0.05, 0) is 36.4 Å². The van der Waals surface area contributed by atoms with Crippen LogP contribution < -0.4 is 24.8 Å². The molecule has 0 saturated carbocycles. The van der Waals surface area contributed by atoms with Gasteiger partial charge in [0, 0.05) is 11.1 Å². The summed E-state index contributed by atoms with van der Waals surface area (Å²) in [5.74, 6) is 4.35. The lowest BCUT2D eigenvalue weighted by Crippen LogP contribution is -3.00. The van der Waals surface area contributed by atoms with Crippen molar-refractivity contribution >= 4 is 11.7 Å². The first-order valence-electron chi connectivity index (χ1n) is 10.9. The Hall–Kier alpha value is -2.76. The van der Waals surface area contributed by atoms with E-state index in [0.717, 1.165) is 48.8 Å². The number of benzene rings is 2. The van der Waals surface area contributed by atoms with Gasteiger partial charge in [0.2, 0.25) is 0 Å². The molecule has 0 bridgehead atoms. The highest BCUT2D eigenvalue weighted by Gasteiger charge is 2.27. The van der Waals surface area contributed by atoms with Crippen LogP contribution in [0.5, 0.6) is 0 Å². The third-order valence-electron chi connectivity index (χ3n) is 6.45. The molecule has 0 unspecified atom stereocenters. The largest absolute Gasteiger partial charge is 1.00 e. The number of rotatable bonds is 4. The van der Waals surface area contributed by atoms with Crippen molar-refractivity contribution in [1.29, 1.82) is 0 Å². The first-order chi connectivity index (χ1) is 15.0. The molecule has 0 radical (unpaired) electrons. The second-order valence-electron chi connectivity index (χ2n) is 8.65. The summed E-state index contributed by atoms with van der Waals surface area (Å²) in [6.07, 6.45) is 0. The van der Waals surface area contributed by atoms with Gasteiger partial charge in [0.05, 0.1) is 39.3 Å². The van der Waals surface area contributed by atoms with Crippen molar-refractivity contribution in [3.8, 4) is 22.6 Å². The zero-order valence-electron chi connectivity index (χ0n) is 19.6. The highest BCUT2D eigenvalue weighted by Crippen LogP contribution is 2.29. The maximum atomic E-state index is 6.22. The van der Waals surface area contributed by atoms with Gasteiger partial charge in [-0.2, -0.15) is 0 Å². The van der Waals surface area contributed by atoms with E-state index in [1.807, 2.05) is 0 Å². The van der Waals surface area contributed by atoms with E-state index in [1.165, 1.54) is 22.8 Å². The van der Waals surface area contributed by atoms with E-state index < -0.39 is 0 Å². The summed E-state index contributed by atoms with van der Waals surface area (Å²) in [6, 6.07) is 21.5. The van der Waals surface area contributed by atoms with Gasteiger partial charge in [-0.1, -0.05) is 24.3 Å². The number of furan rings is 1. The Balaban J connectivity index is 0.00000153. The van der Waals surface area contributed by atoms with E-state index in [1.54, 1.807) is 0 Å². The van der Waals surface area contributed by atoms with Gasteiger partial charge in [-0.15, -0.1) is 0 Å². The molecule has 1 aromatic heterocycles. The Bertz CT molecular complexity index is 1090. The Labute approximate surface area is 208 Å². The third-order valence-corrected chi connectivity index (χ3v) is 6.45. The minimum absolute atomic E-state index is 0. The topological polar surface area (TPSA) is 25.6 Å². The zero-order chi connectivity index (χ0) is 21.5. The van der Waals surface area contributed by atoms with Gasteiger partial charge in [-0.25, -0.2) is 0 Å². The van der Waals surface area contributed by atoms with Gasteiger partial charge in [0.1, 0.15) is 37.7 Å². The molecule has 2 aromatic carbocycles. The quantitative estimate of drug-likeness (QED) is 0.376. The van der Waals surface area contributed by atoms with Crippen LogP contribution in [0.1, 0.15) is 11.1 Å². The van der Waals surface area contributed by atoms with Crippen LogP contribution in [0.25, 0.3) is 22.6 Å². The first-order valence-corrected chi connectivity index (χ1v) is 10.9. The fourth-order valence-electron chi connectivity index (χ4n) is 4.70. The molecule has 0 N–H and O–H groups in total. The molecule has 0 fully saturated rings. The predicted molar refractivity (Wildman–Crippen MR) is 125 cm³/mol. The average Bonchev–Trinajstić information content (AvgIpc) is 3.48. The van der Waals surface area contributed by atoms with Crippen LogP contribution in [0.3, 0.4) is 0 Å². The van der Waals surface area contributed by atoms with Gasteiger partial charge in [0.25, 0.3) is 11.7 Å². The molecule has 0 spiro atoms. The average molecular weight is 485 g/mol. The molecule has 5 rings (SSSR count). The number of halogens is 2. The molecule has 5 nitrogen and oxygen atoms in total. The predicted octanol–water partition coefficient (Wildman–Crippen LogP) is -2.71. The summed E-state index contributed by atoms with van der Waals surface area (Å²) in [5.41, 5.74) is 4.68. The van der Waals surface area contributed by atoms with Crippen LogP contribution in [0.2, 0.25) is 0 Å². The van der Waals surface area contributed by atoms with E-state index >= 15 is 0 Å². The Morgan fingerprint density at radius 1 is 0.576 bits per heavy atom. The molecule has 0 amide bonds. The SMILES string of the molecule is CN1CC[N+](C)=C1c1ccc(-c2ccc(-c3ccc(C4=[N+](C)CCN4C)cc3)o2)cc1.[Cl-].[Cl-]. The molecular formula is C26H30Cl2N4O. The zero-order valence-corrected chi connectivity index (χ0v) is 21.1. The van der Waals surface area contributed by atoms with Crippen molar-refractivity contribution in [2.45, 2.75) is 0 Å². The molecule has 7 heteroatoms. The first kappa shape index (κ1) is 24.9. The minimum Gasteiger partial charge on any atom is -1.00 e. The number of hydrogen-bond donors (Lipinski definition) is 0. The van der Waals surface area contributed by atoms with E-state index in [2.05, 4.69) is 108 Å². The maximum Gasteiger partial charge on any atom is 0.279 e. The number of likely N-dealkylation sites (N-methyl/N-ethyl adjacent to an activating group) is 4. The highest BCUT2D eigenvalue weighted by atomic mass is 35.5. The summed E-state index contributed by atoms with van der Waals surface area (Å²) < 4.78 is 10.8. The van der Waals surface area contributed by atoms with Gasteiger partial charge < -0.3 is 29.2 Å². The van der Waals surface area contributed by atoms with Crippen molar-refractivity contribution in [3.63, 3.8) is 0 Å². The summed E-state index contributed by atoms with van der Waals surface area (Å²) >= 11 is 0. The number of hydrogen-bond acceptors (Lipinski definition) is 3. The van der Waals surface area contributed by atoms with Crippen molar-refractivity contribution in [2.75, 3.05) is 54.4 Å². The molecular weight excluding hydrogens is 455 g/mol. The molecule has 0 atom stereocenters. The minimum atomic E-state index is 0. The van der Waals surface area contributed by atoms with Gasteiger partial charge in [-0.3, -0.25) is 19.0 Å². The van der Waals surface area contributed by atoms with Crippen LogP contribution in [-0.4, -0.2) is 85.0 Å². The van der Waals surface area contributed by atoms with Crippen LogP contribution in [-0.2, 0) is 0 Å². The van der Waals surface area contributed by atoms with Crippen molar-refractivity contribution in [3.05, 3.63) is 71.8 Å². The van der Waals surface area contributed by atoms with Gasteiger partial charge in [0.15, 0.2) is 0 Å². The molecule has 0 aliphatic carbocycles. The van der Waals surface area contributed by atoms with Crippen LogP contribution in [0, 0.1) is 0 Å². The van der Waals surface area contributed by atoms with Crippen LogP contribution >= 0.6 is 0 Å². The molecule has 3 aromatic rings. The molecule has 33 heavy (non-hydrogen) atoms. The molecule has 174 valence electrons. The Morgan fingerprint density at radius 2 is 0.909 bits per heavy atom. The van der Waals surface area contributed by atoms with Crippen LogP contribution in [0.15, 0.2) is 65.1 Å². The second-order valence-corrected chi connectivity index (χ2v) is 8.65. The van der Waals surface area contributed by atoms with Crippen molar-refractivity contribution < 1.29 is 38.4 Å². The molecule has 2 aliphatic rings. The standard InChI is InChI=1S/C26H30N4O.2ClH/c1-27-15-16-28(2)25(27)21-9-5-19(6-10-21)23-13-14-24(31-23)20-7-11-22(12-8-20)26-29(3)17-18-30(26)4;;/h5-14H,15-18H2,1-4H3;2*1H/q+2;;/p-2. The van der Waals surface area contributed by atoms with E-state index in [9.17, 15) is 0 Å². The second kappa shape index (κ2) is 10.0. The van der Waals surface area contributed by atoms with E-state index in [0.29, 0.717) is 0 Å². The highest BCUT2D eigenvalue weighted by molar-refractivity contribution is 5.96.